The van der Waals surface area contributed by atoms with Gasteiger partial charge in [0, 0.05) is 50.1 Å². The Morgan fingerprint density at radius 3 is 2.43 bits per heavy atom. The number of carboxylic acids is 1. The summed E-state index contributed by atoms with van der Waals surface area (Å²) in [6, 6.07) is 3.21. The molecule has 0 radical (unpaired) electrons. The number of nitrogens with two attached hydrogens (primary N) is 1. The van der Waals surface area contributed by atoms with Crippen molar-refractivity contribution in [2.45, 2.75) is 136 Å². The standard InChI is InChI=1S/C47H75N7O10S/c1-8-18-54(45(57)41(31(6)10-3)52-43(56)38-13-11-12-19-53(38)7)39(30(4)5)28-40(63-20-9-2)44-51-37(29-65-44)42(55)50-33-25-32-14-15-34(27-35(32)36(26-33)46(58)59)64-47(60)49-17-22-62-24-23-61-21-16-48/h14-15,27,29-31,33,36,38-41H,8-13,16-26,28,48H2,1-7H3,(H,49,60)(H,50,55)(H,52,56)(H,58,59)/t31-,33-,36+,38+,39+,40?,41-/m0/s1. The number of thiazole rings is 1. The molecule has 1 fully saturated rings. The van der Waals surface area contributed by atoms with Crippen molar-refractivity contribution in [1.29, 1.82) is 0 Å². The van der Waals surface area contributed by atoms with E-state index in [1.54, 1.807) is 23.6 Å². The van der Waals surface area contributed by atoms with Crippen molar-refractivity contribution in [3.63, 3.8) is 0 Å². The number of carbonyl (C=O) groups is 5. The van der Waals surface area contributed by atoms with Crippen molar-refractivity contribution < 1.29 is 48.0 Å². The van der Waals surface area contributed by atoms with Gasteiger partial charge in [-0.2, -0.15) is 0 Å². The monoisotopic (exact) mass is 930 g/mol. The number of ether oxygens (including phenoxy) is 4. The number of benzene rings is 1. The van der Waals surface area contributed by atoms with Crippen molar-refractivity contribution in [2.75, 3.05) is 66.3 Å². The van der Waals surface area contributed by atoms with Gasteiger partial charge in [-0.3, -0.25) is 24.1 Å². The molecule has 2 aliphatic rings. The summed E-state index contributed by atoms with van der Waals surface area (Å²) < 4.78 is 22.5. The Labute approximate surface area is 389 Å². The van der Waals surface area contributed by atoms with Gasteiger partial charge in [-0.25, -0.2) is 9.78 Å². The van der Waals surface area contributed by atoms with Gasteiger partial charge < -0.3 is 50.6 Å². The van der Waals surface area contributed by atoms with E-state index in [2.05, 4.69) is 34.7 Å². The highest BCUT2D eigenvalue weighted by molar-refractivity contribution is 7.09. The van der Waals surface area contributed by atoms with Gasteiger partial charge in [-0.05, 0) is 87.2 Å². The summed E-state index contributed by atoms with van der Waals surface area (Å²) in [4.78, 5) is 75.9. The van der Waals surface area contributed by atoms with E-state index in [4.69, 9.17) is 29.7 Å². The van der Waals surface area contributed by atoms with Crippen LogP contribution in [0.5, 0.6) is 5.75 Å². The maximum atomic E-state index is 14.7. The second kappa shape index (κ2) is 27.4. The highest BCUT2D eigenvalue weighted by atomic mass is 32.1. The minimum Gasteiger partial charge on any atom is -0.481 e. The molecule has 1 saturated heterocycles. The molecule has 364 valence electrons. The van der Waals surface area contributed by atoms with Crippen LogP contribution >= 0.6 is 11.3 Å². The Kier molecular flexibility index (Phi) is 22.6. The SMILES string of the molecule is CCCOC(C[C@H](C(C)C)N(CCC)C(=O)[C@@H](NC(=O)[C@H]1CCCCN1C)[C@@H](C)CC)c1nc(C(=O)N[C@H]2Cc3ccc(OC(=O)NCCOCCOCCN)cc3[C@H](C(=O)O)C2)cs1. The van der Waals surface area contributed by atoms with Gasteiger partial charge in [0.25, 0.3) is 5.91 Å². The highest BCUT2D eigenvalue weighted by Crippen LogP contribution is 2.36. The Hall–Kier alpha value is -4.20. The second-order valence-corrected chi connectivity index (χ2v) is 18.5. The van der Waals surface area contributed by atoms with Gasteiger partial charge in [0.05, 0.1) is 38.4 Å². The number of amides is 4. The quantitative estimate of drug-likeness (QED) is 0.0722. The molecular weight excluding hydrogens is 855 g/mol. The maximum absolute atomic E-state index is 14.7. The summed E-state index contributed by atoms with van der Waals surface area (Å²) in [6.07, 6.45) is 4.75. The van der Waals surface area contributed by atoms with E-state index in [-0.39, 0.29) is 66.7 Å². The predicted molar refractivity (Wildman–Crippen MR) is 249 cm³/mol. The van der Waals surface area contributed by atoms with Gasteiger partial charge in [0.2, 0.25) is 11.8 Å². The van der Waals surface area contributed by atoms with Crippen LogP contribution in [0.15, 0.2) is 23.6 Å². The van der Waals surface area contributed by atoms with E-state index in [1.165, 1.54) is 11.3 Å². The van der Waals surface area contributed by atoms with Crippen LogP contribution in [0.3, 0.4) is 0 Å². The first-order valence-corrected chi connectivity index (χ1v) is 24.5. The molecule has 1 unspecified atom stereocenters. The fraction of sp³-hybridized carbons (Fsp3) is 0.702. The van der Waals surface area contributed by atoms with Crippen molar-refractivity contribution in [1.82, 2.24) is 30.7 Å². The molecule has 65 heavy (non-hydrogen) atoms. The summed E-state index contributed by atoms with van der Waals surface area (Å²) >= 11 is 1.32. The van der Waals surface area contributed by atoms with Gasteiger partial charge in [-0.1, -0.05) is 60.5 Å². The third kappa shape index (κ3) is 16.0. The molecule has 0 bridgehead atoms. The second-order valence-electron chi connectivity index (χ2n) is 17.6. The fourth-order valence-corrected chi connectivity index (χ4v) is 9.36. The lowest BCUT2D eigenvalue weighted by molar-refractivity contribution is -0.143. The molecule has 4 amide bonds. The normalized spacial score (nSPS) is 19.4. The van der Waals surface area contributed by atoms with E-state index < -0.39 is 42.1 Å². The Balaban J connectivity index is 1.44. The first-order chi connectivity index (χ1) is 31.2. The molecule has 1 aliphatic carbocycles. The van der Waals surface area contributed by atoms with Crippen LogP contribution in [0.2, 0.25) is 0 Å². The van der Waals surface area contributed by atoms with Gasteiger partial charge in [-0.15, -0.1) is 11.3 Å². The molecule has 1 aliphatic heterocycles. The number of aliphatic carboxylic acids is 1. The van der Waals surface area contributed by atoms with Crippen LogP contribution in [0.4, 0.5) is 4.79 Å². The third-order valence-electron chi connectivity index (χ3n) is 12.2. The number of fused-ring (bicyclic) bond motifs is 1. The zero-order chi connectivity index (χ0) is 47.5. The lowest BCUT2D eigenvalue weighted by atomic mass is 9.80. The Bertz CT molecular complexity index is 1830. The van der Waals surface area contributed by atoms with Crippen LogP contribution in [0.1, 0.15) is 132 Å². The van der Waals surface area contributed by atoms with Crippen molar-refractivity contribution in [3.05, 3.63) is 45.4 Å². The maximum Gasteiger partial charge on any atom is 0.412 e. The molecule has 0 spiro atoms. The lowest BCUT2D eigenvalue weighted by Gasteiger charge is -2.40. The number of hydrogen-bond acceptors (Lipinski definition) is 13. The summed E-state index contributed by atoms with van der Waals surface area (Å²) in [7, 11) is 1.97. The first-order valence-electron chi connectivity index (χ1n) is 23.6. The molecule has 6 N–H and O–H groups in total. The first kappa shape index (κ1) is 53.4. The zero-order valence-electron chi connectivity index (χ0n) is 39.6. The minimum atomic E-state index is -1.06. The molecule has 18 heteroatoms. The van der Waals surface area contributed by atoms with E-state index in [0.717, 1.165) is 50.6 Å². The average Bonchev–Trinajstić information content (AvgIpc) is 3.78. The van der Waals surface area contributed by atoms with Crippen molar-refractivity contribution in [2.24, 2.45) is 17.6 Å². The van der Waals surface area contributed by atoms with Crippen LogP contribution in [0.25, 0.3) is 0 Å². The summed E-state index contributed by atoms with van der Waals surface area (Å²) in [5, 5.41) is 21.4. The molecule has 1 aromatic heterocycles. The largest absolute Gasteiger partial charge is 0.481 e. The third-order valence-corrected chi connectivity index (χ3v) is 13.2. The van der Waals surface area contributed by atoms with Gasteiger partial charge in [0.15, 0.2) is 0 Å². The minimum absolute atomic E-state index is 0.0398. The van der Waals surface area contributed by atoms with Gasteiger partial charge in [0.1, 0.15) is 28.6 Å². The number of likely N-dealkylation sites (N-methyl/N-ethyl adjacent to an activating group) is 1. The summed E-state index contributed by atoms with van der Waals surface area (Å²) in [5.41, 5.74) is 6.83. The van der Waals surface area contributed by atoms with Crippen LogP contribution in [0, 0.1) is 11.8 Å². The van der Waals surface area contributed by atoms with Gasteiger partial charge >= 0.3 is 12.1 Å². The molecule has 7 atom stereocenters. The Morgan fingerprint density at radius 2 is 1.77 bits per heavy atom. The van der Waals surface area contributed by atoms with Crippen LogP contribution < -0.4 is 26.4 Å². The number of piperidine rings is 1. The van der Waals surface area contributed by atoms with E-state index >= 15 is 0 Å². The molecule has 2 heterocycles. The predicted octanol–water partition coefficient (Wildman–Crippen LogP) is 5.27. The van der Waals surface area contributed by atoms with Crippen LogP contribution in [-0.2, 0) is 35.0 Å². The van der Waals surface area contributed by atoms with Crippen molar-refractivity contribution >= 4 is 41.1 Å². The average molecular weight is 930 g/mol. The number of carbonyl (C=O) groups excluding carboxylic acids is 4. The number of hydrogen-bond donors (Lipinski definition) is 5. The van der Waals surface area contributed by atoms with E-state index in [9.17, 15) is 29.1 Å². The zero-order valence-corrected chi connectivity index (χ0v) is 40.4. The molecule has 0 saturated carbocycles. The molecule has 1 aromatic carbocycles. The number of rotatable bonds is 27. The van der Waals surface area contributed by atoms with Crippen LogP contribution in [-0.4, -0.2) is 140 Å². The molecular formula is C47H75N7O10S. The molecule has 4 rings (SSSR count). The number of nitrogens with zero attached hydrogens (tertiary/aromatic N) is 3. The Morgan fingerprint density at radius 1 is 1.02 bits per heavy atom. The molecule has 2 aromatic rings. The topological polar surface area (TPSA) is 224 Å². The summed E-state index contributed by atoms with van der Waals surface area (Å²) in [6.45, 7) is 16.2. The number of likely N-dealkylation sites (tertiary alicyclic amines) is 1. The lowest BCUT2D eigenvalue weighted by Crippen LogP contribution is -2.58. The number of nitrogens with one attached hydrogen (secondary N) is 3. The van der Waals surface area contributed by atoms with E-state index in [1.807, 2.05) is 39.6 Å². The number of aromatic nitrogens is 1. The highest BCUT2D eigenvalue weighted by Gasteiger charge is 2.39. The fourth-order valence-electron chi connectivity index (χ4n) is 8.50. The van der Waals surface area contributed by atoms with E-state index in [0.29, 0.717) is 62.9 Å². The number of carboxylic acid groups (broad SMARTS) is 1. The molecule has 17 nitrogen and oxygen atoms in total. The smallest absolute Gasteiger partial charge is 0.412 e. The summed E-state index contributed by atoms with van der Waals surface area (Å²) in [5.74, 6) is -2.47. The van der Waals surface area contributed by atoms with Crippen molar-refractivity contribution in [3.8, 4) is 5.75 Å².